The summed E-state index contributed by atoms with van der Waals surface area (Å²) < 4.78 is 22.5. The van der Waals surface area contributed by atoms with Gasteiger partial charge in [-0.2, -0.15) is 0 Å². The van der Waals surface area contributed by atoms with Gasteiger partial charge < -0.3 is 5.11 Å². The van der Waals surface area contributed by atoms with Crippen molar-refractivity contribution in [1.82, 2.24) is 4.98 Å². The van der Waals surface area contributed by atoms with Crippen molar-refractivity contribution in [2.75, 3.05) is 18.1 Å². The van der Waals surface area contributed by atoms with Crippen molar-refractivity contribution >= 4 is 21.2 Å². The molecule has 86 valence electrons. The van der Waals surface area contributed by atoms with Gasteiger partial charge >= 0.3 is 0 Å². The van der Waals surface area contributed by atoms with E-state index in [1.54, 1.807) is 11.3 Å². The monoisotopic (exact) mass is 249 g/mol. The Balaban J connectivity index is 2.33. The van der Waals surface area contributed by atoms with Crippen molar-refractivity contribution in [1.29, 1.82) is 0 Å². The third-order valence-electron chi connectivity index (χ3n) is 1.96. The van der Waals surface area contributed by atoms with Crippen LogP contribution >= 0.6 is 11.3 Å². The minimum absolute atomic E-state index is 0.129. The van der Waals surface area contributed by atoms with E-state index in [9.17, 15) is 8.42 Å². The SMILES string of the molecule is Cc1nc(CCCS(=O)(=O)CCO)cs1. The van der Waals surface area contributed by atoms with Gasteiger partial charge in [-0.3, -0.25) is 0 Å². The van der Waals surface area contributed by atoms with E-state index in [-0.39, 0.29) is 18.1 Å². The van der Waals surface area contributed by atoms with E-state index in [1.807, 2.05) is 12.3 Å². The van der Waals surface area contributed by atoms with Gasteiger partial charge in [0.15, 0.2) is 9.84 Å². The summed E-state index contributed by atoms with van der Waals surface area (Å²) in [5, 5.41) is 11.5. The average molecular weight is 249 g/mol. The van der Waals surface area contributed by atoms with Crippen LogP contribution in [0.15, 0.2) is 5.38 Å². The molecular formula is C9H15NO3S2. The number of thiazole rings is 1. The number of hydrogen-bond donors (Lipinski definition) is 1. The molecule has 0 saturated heterocycles. The molecule has 0 saturated carbocycles. The van der Waals surface area contributed by atoms with Crippen LogP contribution in [0.3, 0.4) is 0 Å². The molecular weight excluding hydrogens is 234 g/mol. The Kier molecular flexibility index (Phi) is 4.69. The lowest BCUT2D eigenvalue weighted by atomic mass is 10.3. The van der Waals surface area contributed by atoms with Crippen molar-refractivity contribution < 1.29 is 13.5 Å². The summed E-state index contributed by atoms with van der Waals surface area (Å²) in [6.45, 7) is 1.63. The molecule has 0 aromatic carbocycles. The fourth-order valence-electron chi connectivity index (χ4n) is 1.24. The molecule has 1 N–H and O–H groups in total. The summed E-state index contributed by atoms with van der Waals surface area (Å²) in [4.78, 5) is 4.25. The smallest absolute Gasteiger partial charge is 0.152 e. The maximum atomic E-state index is 11.2. The van der Waals surface area contributed by atoms with Gasteiger partial charge in [0.2, 0.25) is 0 Å². The molecule has 0 bridgehead atoms. The maximum Gasteiger partial charge on any atom is 0.152 e. The zero-order chi connectivity index (χ0) is 11.3. The molecule has 6 heteroatoms. The fraction of sp³-hybridized carbons (Fsp3) is 0.667. The van der Waals surface area contributed by atoms with E-state index >= 15 is 0 Å². The predicted molar refractivity (Wildman–Crippen MR) is 60.9 cm³/mol. The average Bonchev–Trinajstić information content (AvgIpc) is 2.51. The first kappa shape index (κ1) is 12.6. The molecule has 0 aliphatic heterocycles. The van der Waals surface area contributed by atoms with Gasteiger partial charge in [-0.15, -0.1) is 11.3 Å². The summed E-state index contributed by atoms with van der Waals surface area (Å²) in [7, 11) is -3.07. The van der Waals surface area contributed by atoms with Crippen LogP contribution in [-0.2, 0) is 16.3 Å². The minimum Gasteiger partial charge on any atom is -0.395 e. The van der Waals surface area contributed by atoms with Crippen LogP contribution < -0.4 is 0 Å². The second kappa shape index (κ2) is 5.58. The highest BCUT2D eigenvalue weighted by atomic mass is 32.2. The van der Waals surface area contributed by atoms with E-state index in [1.165, 1.54) is 0 Å². The predicted octanol–water partition coefficient (Wildman–Crippen LogP) is 0.791. The van der Waals surface area contributed by atoms with Crippen molar-refractivity contribution in [2.45, 2.75) is 19.8 Å². The summed E-state index contributed by atoms with van der Waals surface area (Å²) in [5.41, 5.74) is 0.955. The molecule has 1 heterocycles. The molecule has 1 aromatic heterocycles. The van der Waals surface area contributed by atoms with E-state index in [0.717, 1.165) is 10.7 Å². The van der Waals surface area contributed by atoms with Gasteiger partial charge in [-0.25, -0.2) is 13.4 Å². The van der Waals surface area contributed by atoms with E-state index in [4.69, 9.17) is 5.11 Å². The van der Waals surface area contributed by atoms with Gasteiger partial charge in [0.05, 0.1) is 28.8 Å². The Bertz CT molecular complexity index is 397. The molecule has 0 aliphatic rings. The first-order valence-electron chi connectivity index (χ1n) is 4.76. The van der Waals surface area contributed by atoms with Gasteiger partial charge in [-0.1, -0.05) is 0 Å². The Morgan fingerprint density at radius 2 is 2.20 bits per heavy atom. The highest BCUT2D eigenvalue weighted by molar-refractivity contribution is 7.91. The summed E-state index contributed by atoms with van der Waals surface area (Å²) in [5.74, 6) is -0.00672. The first-order chi connectivity index (χ1) is 7.03. The number of hydrogen-bond acceptors (Lipinski definition) is 5. The Labute approximate surface area is 93.9 Å². The minimum atomic E-state index is -3.07. The maximum absolute atomic E-state index is 11.2. The molecule has 15 heavy (non-hydrogen) atoms. The fourth-order valence-corrected chi connectivity index (χ4v) is 2.95. The lowest BCUT2D eigenvalue weighted by Crippen LogP contribution is -2.14. The van der Waals surface area contributed by atoms with Gasteiger partial charge in [0.25, 0.3) is 0 Å². The van der Waals surface area contributed by atoms with Crippen LogP contribution in [0, 0.1) is 6.92 Å². The zero-order valence-electron chi connectivity index (χ0n) is 8.64. The summed E-state index contributed by atoms with van der Waals surface area (Å²) in [6.07, 6.45) is 1.26. The molecule has 0 spiro atoms. The van der Waals surface area contributed by atoms with Crippen molar-refractivity contribution in [3.8, 4) is 0 Å². The second-order valence-electron chi connectivity index (χ2n) is 3.34. The molecule has 0 radical (unpaired) electrons. The Morgan fingerprint density at radius 3 is 2.73 bits per heavy atom. The standard InChI is InChI=1S/C9H15NO3S2/c1-8-10-9(7-14-8)3-2-5-15(12,13)6-4-11/h7,11H,2-6H2,1H3. The van der Waals surface area contributed by atoms with E-state index in [2.05, 4.69) is 4.98 Å². The highest BCUT2D eigenvalue weighted by Crippen LogP contribution is 2.10. The largest absolute Gasteiger partial charge is 0.395 e. The van der Waals surface area contributed by atoms with Crippen molar-refractivity contribution in [2.24, 2.45) is 0 Å². The van der Waals surface area contributed by atoms with Crippen molar-refractivity contribution in [3.63, 3.8) is 0 Å². The molecule has 0 aliphatic carbocycles. The van der Waals surface area contributed by atoms with Crippen LogP contribution in [0.25, 0.3) is 0 Å². The number of aliphatic hydroxyl groups is 1. The van der Waals surface area contributed by atoms with Crippen LogP contribution in [-0.4, -0.2) is 36.6 Å². The van der Waals surface area contributed by atoms with E-state index in [0.29, 0.717) is 12.8 Å². The molecule has 0 amide bonds. The number of sulfone groups is 1. The molecule has 0 fully saturated rings. The molecule has 0 unspecified atom stereocenters. The molecule has 4 nitrogen and oxygen atoms in total. The van der Waals surface area contributed by atoms with Crippen LogP contribution in [0.2, 0.25) is 0 Å². The Morgan fingerprint density at radius 1 is 1.47 bits per heavy atom. The molecule has 0 atom stereocenters. The van der Waals surface area contributed by atoms with Crippen LogP contribution in [0.1, 0.15) is 17.1 Å². The summed E-state index contributed by atoms with van der Waals surface area (Å²) >= 11 is 1.57. The quantitative estimate of drug-likeness (QED) is 0.809. The zero-order valence-corrected chi connectivity index (χ0v) is 10.3. The van der Waals surface area contributed by atoms with Gasteiger partial charge in [-0.05, 0) is 19.8 Å². The highest BCUT2D eigenvalue weighted by Gasteiger charge is 2.09. The summed E-state index contributed by atoms with van der Waals surface area (Å²) in [6, 6.07) is 0. The number of aliphatic hydroxyl groups excluding tert-OH is 1. The van der Waals surface area contributed by atoms with Crippen LogP contribution in [0.4, 0.5) is 0 Å². The Hall–Kier alpha value is -0.460. The number of aromatic nitrogens is 1. The lowest BCUT2D eigenvalue weighted by Gasteiger charge is -2.00. The van der Waals surface area contributed by atoms with Gasteiger partial charge in [0.1, 0.15) is 0 Å². The normalized spacial score (nSPS) is 11.9. The molecule has 1 rings (SSSR count). The van der Waals surface area contributed by atoms with Crippen molar-refractivity contribution in [3.05, 3.63) is 16.1 Å². The first-order valence-corrected chi connectivity index (χ1v) is 7.46. The van der Waals surface area contributed by atoms with E-state index < -0.39 is 9.84 Å². The number of aryl methyl sites for hydroxylation is 2. The topological polar surface area (TPSA) is 67.3 Å². The van der Waals surface area contributed by atoms with Crippen LogP contribution in [0.5, 0.6) is 0 Å². The third-order valence-corrected chi connectivity index (χ3v) is 4.49. The lowest BCUT2D eigenvalue weighted by molar-refractivity contribution is 0.319. The second-order valence-corrected chi connectivity index (χ2v) is 6.70. The van der Waals surface area contributed by atoms with Gasteiger partial charge in [0, 0.05) is 5.38 Å². The number of rotatable bonds is 6. The number of nitrogens with zero attached hydrogens (tertiary/aromatic N) is 1. The molecule has 1 aromatic rings. The third kappa shape index (κ3) is 4.72.